The lowest BCUT2D eigenvalue weighted by Crippen LogP contribution is -1.98. The van der Waals surface area contributed by atoms with Gasteiger partial charge >= 0.3 is 0 Å². The zero-order valence-corrected chi connectivity index (χ0v) is 9.79. The van der Waals surface area contributed by atoms with Crippen LogP contribution in [-0.2, 0) is 0 Å². The van der Waals surface area contributed by atoms with Crippen LogP contribution in [0, 0.1) is 5.92 Å². The van der Waals surface area contributed by atoms with Gasteiger partial charge in [-0.2, -0.15) is 0 Å². The summed E-state index contributed by atoms with van der Waals surface area (Å²) in [5.74, 6) is 0.627. The average molecular weight is 249 g/mol. The summed E-state index contributed by atoms with van der Waals surface area (Å²) in [7, 11) is 0. The van der Waals surface area contributed by atoms with Crippen LogP contribution in [0.1, 0.15) is 18.9 Å². The lowest BCUT2D eigenvalue weighted by Gasteiger charge is -2.15. The Balaban J connectivity index is 2.31. The van der Waals surface area contributed by atoms with E-state index in [1.54, 1.807) is 0 Å². The second-order valence-corrected chi connectivity index (χ2v) is 4.61. The van der Waals surface area contributed by atoms with Gasteiger partial charge in [0.05, 0.1) is 0 Å². The Hall–Kier alpha value is -0.820. The Kier molecular flexibility index (Phi) is 2.87. The van der Waals surface area contributed by atoms with E-state index in [9.17, 15) is 0 Å². The predicted molar refractivity (Wildman–Crippen MR) is 65.2 cm³/mol. The summed E-state index contributed by atoms with van der Waals surface area (Å²) >= 11 is 3.61. The van der Waals surface area contributed by atoms with Gasteiger partial charge in [0, 0.05) is 0 Å². The molecule has 1 aromatic rings. The third kappa shape index (κ3) is 1.98. The molecule has 1 heteroatoms. The normalized spacial score (nSPS) is 21.4. The molecule has 1 unspecified atom stereocenters. The SMILES string of the molecule is CC1CC=C(c2ccccc2)C=C1Br. The molecule has 0 bridgehead atoms. The summed E-state index contributed by atoms with van der Waals surface area (Å²) in [6.45, 7) is 2.23. The van der Waals surface area contributed by atoms with Gasteiger partial charge in [-0.25, -0.2) is 0 Å². The van der Waals surface area contributed by atoms with Gasteiger partial charge in [0.1, 0.15) is 0 Å². The van der Waals surface area contributed by atoms with Crippen LogP contribution in [0.3, 0.4) is 0 Å². The molecule has 0 radical (unpaired) electrons. The van der Waals surface area contributed by atoms with E-state index in [0.717, 1.165) is 6.42 Å². The van der Waals surface area contributed by atoms with Gasteiger partial charge in [-0.3, -0.25) is 0 Å². The minimum Gasteiger partial charge on any atom is -0.0760 e. The fourth-order valence-corrected chi connectivity index (χ4v) is 2.03. The topological polar surface area (TPSA) is 0 Å². The molecule has 1 atom stereocenters. The van der Waals surface area contributed by atoms with Crippen LogP contribution in [0.25, 0.3) is 5.57 Å². The molecule has 0 aromatic heterocycles. The highest BCUT2D eigenvalue weighted by molar-refractivity contribution is 9.11. The number of hydrogen-bond acceptors (Lipinski definition) is 0. The van der Waals surface area contributed by atoms with Crippen molar-refractivity contribution in [3.63, 3.8) is 0 Å². The van der Waals surface area contributed by atoms with E-state index in [2.05, 4.69) is 59.3 Å². The van der Waals surface area contributed by atoms with Crippen molar-refractivity contribution in [1.82, 2.24) is 0 Å². The third-order valence-electron chi connectivity index (χ3n) is 2.56. The second kappa shape index (κ2) is 4.14. The molecule has 14 heavy (non-hydrogen) atoms. The summed E-state index contributed by atoms with van der Waals surface area (Å²) in [5.41, 5.74) is 2.63. The molecule has 72 valence electrons. The average Bonchev–Trinajstić information content (AvgIpc) is 2.23. The molecule has 0 amide bonds. The van der Waals surface area contributed by atoms with Crippen molar-refractivity contribution < 1.29 is 0 Å². The van der Waals surface area contributed by atoms with Crippen LogP contribution in [0.5, 0.6) is 0 Å². The Morgan fingerprint density at radius 3 is 2.57 bits per heavy atom. The van der Waals surface area contributed by atoms with Gasteiger partial charge < -0.3 is 0 Å². The smallest absolute Gasteiger partial charge is 0.00120 e. The van der Waals surface area contributed by atoms with Gasteiger partial charge in [0.15, 0.2) is 0 Å². The standard InChI is InChI=1S/C13H13Br/c1-10-7-8-12(9-13(10)14)11-5-3-2-4-6-11/h2-6,8-10H,7H2,1H3. The van der Waals surface area contributed by atoms with Crippen LogP contribution < -0.4 is 0 Å². The van der Waals surface area contributed by atoms with Crippen molar-refractivity contribution in [2.75, 3.05) is 0 Å². The van der Waals surface area contributed by atoms with Crippen molar-refractivity contribution in [2.24, 2.45) is 5.92 Å². The quantitative estimate of drug-likeness (QED) is 0.692. The van der Waals surface area contributed by atoms with Crippen LogP contribution in [-0.4, -0.2) is 0 Å². The first kappa shape index (κ1) is 9.72. The zero-order chi connectivity index (χ0) is 9.97. The first-order valence-corrected chi connectivity index (χ1v) is 5.69. The molecule has 1 aliphatic rings. The van der Waals surface area contributed by atoms with E-state index in [1.807, 2.05) is 6.07 Å². The molecule has 0 saturated heterocycles. The molecule has 0 heterocycles. The highest BCUT2D eigenvalue weighted by Gasteiger charge is 2.11. The van der Waals surface area contributed by atoms with Gasteiger partial charge in [-0.1, -0.05) is 59.3 Å². The van der Waals surface area contributed by atoms with Crippen molar-refractivity contribution in [1.29, 1.82) is 0 Å². The van der Waals surface area contributed by atoms with E-state index >= 15 is 0 Å². The minimum atomic E-state index is 0.627. The maximum Gasteiger partial charge on any atom is -0.00120 e. The first-order valence-electron chi connectivity index (χ1n) is 4.90. The van der Waals surface area contributed by atoms with Crippen molar-refractivity contribution in [3.8, 4) is 0 Å². The minimum absolute atomic E-state index is 0.627. The van der Waals surface area contributed by atoms with Gasteiger partial charge in [0.2, 0.25) is 0 Å². The zero-order valence-electron chi connectivity index (χ0n) is 8.20. The summed E-state index contributed by atoms with van der Waals surface area (Å²) in [5, 5.41) is 0. The molecule has 0 aliphatic heterocycles. The van der Waals surface area contributed by atoms with Crippen molar-refractivity contribution in [3.05, 3.63) is 52.5 Å². The fourth-order valence-electron chi connectivity index (χ4n) is 1.60. The fraction of sp³-hybridized carbons (Fsp3) is 0.231. The highest BCUT2D eigenvalue weighted by atomic mass is 79.9. The predicted octanol–water partition coefficient (Wildman–Crippen LogP) is 4.39. The first-order chi connectivity index (χ1) is 6.77. The summed E-state index contributed by atoms with van der Waals surface area (Å²) in [6.07, 6.45) is 5.66. The summed E-state index contributed by atoms with van der Waals surface area (Å²) < 4.78 is 1.30. The Morgan fingerprint density at radius 2 is 1.93 bits per heavy atom. The molecule has 0 spiro atoms. The van der Waals surface area contributed by atoms with Crippen LogP contribution in [0.15, 0.2) is 47.0 Å². The summed E-state index contributed by atoms with van der Waals surface area (Å²) in [6, 6.07) is 10.5. The van der Waals surface area contributed by atoms with Gasteiger partial charge in [0.25, 0.3) is 0 Å². The van der Waals surface area contributed by atoms with Crippen LogP contribution in [0.4, 0.5) is 0 Å². The maximum atomic E-state index is 3.61. The Morgan fingerprint density at radius 1 is 1.21 bits per heavy atom. The van der Waals surface area contributed by atoms with E-state index in [-0.39, 0.29) is 0 Å². The number of allylic oxidation sites excluding steroid dienone is 4. The van der Waals surface area contributed by atoms with E-state index < -0.39 is 0 Å². The molecule has 0 nitrogen and oxygen atoms in total. The monoisotopic (exact) mass is 248 g/mol. The largest absolute Gasteiger partial charge is 0.0760 e. The third-order valence-corrected chi connectivity index (χ3v) is 3.57. The van der Waals surface area contributed by atoms with E-state index in [0.29, 0.717) is 5.92 Å². The number of benzene rings is 1. The Bertz CT molecular complexity index is 373. The molecule has 0 fully saturated rings. The van der Waals surface area contributed by atoms with Gasteiger partial charge in [-0.15, -0.1) is 0 Å². The molecular formula is C13H13Br. The second-order valence-electron chi connectivity index (χ2n) is 3.69. The molecule has 0 N–H and O–H groups in total. The molecule has 1 aromatic carbocycles. The number of hydrogen-bond donors (Lipinski definition) is 0. The van der Waals surface area contributed by atoms with E-state index in [4.69, 9.17) is 0 Å². The lowest BCUT2D eigenvalue weighted by molar-refractivity contribution is 0.730. The molecule has 2 rings (SSSR count). The number of rotatable bonds is 1. The van der Waals surface area contributed by atoms with Crippen LogP contribution in [0.2, 0.25) is 0 Å². The lowest BCUT2D eigenvalue weighted by atomic mass is 9.94. The molecule has 0 saturated carbocycles. The molecular weight excluding hydrogens is 236 g/mol. The summed E-state index contributed by atoms with van der Waals surface area (Å²) in [4.78, 5) is 0. The van der Waals surface area contributed by atoms with Gasteiger partial charge in [-0.05, 0) is 34.0 Å². The van der Waals surface area contributed by atoms with Crippen molar-refractivity contribution in [2.45, 2.75) is 13.3 Å². The van der Waals surface area contributed by atoms with Crippen LogP contribution >= 0.6 is 15.9 Å². The molecule has 1 aliphatic carbocycles. The maximum absolute atomic E-state index is 3.61. The van der Waals surface area contributed by atoms with E-state index in [1.165, 1.54) is 15.6 Å². The number of halogens is 1. The Labute approximate surface area is 93.5 Å². The highest BCUT2D eigenvalue weighted by Crippen LogP contribution is 2.31. The van der Waals surface area contributed by atoms with Crippen molar-refractivity contribution >= 4 is 21.5 Å².